The number of anilines is 2. The van der Waals surface area contributed by atoms with Crippen molar-refractivity contribution in [3.05, 3.63) is 48.0 Å². The molecule has 0 unspecified atom stereocenters. The summed E-state index contributed by atoms with van der Waals surface area (Å²) in [5, 5.41) is 2.92. The van der Waals surface area contributed by atoms with Crippen LogP contribution in [0.5, 0.6) is 11.5 Å². The van der Waals surface area contributed by atoms with Crippen molar-refractivity contribution < 1.29 is 14.3 Å². The molecule has 0 saturated heterocycles. The number of fused-ring (bicyclic) bond motifs is 1. The predicted octanol–water partition coefficient (Wildman–Crippen LogP) is 2.94. The average Bonchev–Trinajstić information content (AvgIpc) is 3.09. The summed E-state index contributed by atoms with van der Waals surface area (Å²) >= 11 is 0. The third kappa shape index (κ3) is 4.46. The summed E-state index contributed by atoms with van der Waals surface area (Å²) in [4.78, 5) is 16.6. The largest absolute Gasteiger partial charge is 0.454 e. The fourth-order valence-corrected chi connectivity index (χ4v) is 2.82. The van der Waals surface area contributed by atoms with Gasteiger partial charge in [0.2, 0.25) is 12.7 Å². The van der Waals surface area contributed by atoms with Gasteiger partial charge in [-0.1, -0.05) is 19.1 Å². The van der Waals surface area contributed by atoms with Gasteiger partial charge in [-0.15, -0.1) is 0 Å². The van der Waals surface area contributed by atoms with Gasteiger partial charge in [-0.2, -0.15) is 0 Å². The van der Waals surface area contributed by atoms with Gasteiger partial charge in [0.05, 0.1) is 6.54 Å². The number of ether oxygens (including phenoxy) is 2. The molecule has 0 saturated carbocycles. The summed E-state index contributed by atoms with van der Waals surface area (Å²) in [6.45, 7) is 4.15. The number of benzene rings is 2. The minimum Gasteiger partial charge on any atom is -0.454 e. The predicted molar refractivity (Wildman–Crippen MR) is 103 cm³/mol. The number of carbonyl (C=O) groups is 1. The van der Waals surface area contributed by atoms with Gasteiger partial charge in [-0.05, 0) is 36.4 Å². The molecule has 6 heteroatoms. The van der Waals surface area contributed by atoms with E-state index in [1.807, 2.05) is 26.2 Å². The third-order valence-electron chi connectivity index (χ3n) is 4.33. The first-order valence-corrected chi connectivity index (χ1v) is 8.73. The second kappa shape index (κ2) is 8.10. The molecule has 0 atom stereocenters. The molecule has 26 heavy (non-hydrogen) atoms. The Morgan fingerprint density at radius 1 is 1.08 bits per heavy atom. The van der Waals surface area contributed by atoms with Gasteiger partial charge in [-0.3, -0.25) is 9.69 Å². The molecule has 0 bridgehead atoms. The highest BCUT2D eigenvalue weighted by molar-refractivity contribution is 5.92. The third-order valence-corrected chi connectivity index (χ3v) is 4.33. The Balaban J connectivity index is 1.56. The van der Waals surface area contributed by atoms with Gasteiger partial charge in [0.1, 0.15) is 0 Å². The van der Waals surface area contributed by atoms with E-state index >= 15 is 0 Å². The van der Waals surface area contributed by atoms with E-state index in [1.165, 1.54) is 5.56 Å². The van der Waals surface area contributed by atoms with Gasteiger partial charge in [-0.25, -0.2) is 0 Å². The van der Waals surface area contributed by atoms with Crippen molar-refractivity contribution in [2.75, 3.05) is 44.2 Å². The molecular weight excluding hydrogens is 330 g/mol. The van der Waals surface area contributed by atoms with Crippen molar-refractivity contribution in [2.24, 2.45) is 0 Å². The van der Waals surface area contributed by atoms with Crippen LogP contribution in [0.1, 0.15) is 12.5 Å². The summed E-state index contributed by atoms with van der Waals surface area (Å²) < 4.78 is 10.6. The number of nitrogens with one attached hydrogen (secondary N) is 1. The molecule has 2 aromatic rings. The number of rotatable bonds is 7. The Kier molecular flexibility index (Phi) is 5.63. The summed E-state index contributed by atoms with van der Waals surface area (Å²) in [7, 11) is 4.04. The molecule has 0 aromatic heterocycles. The molecule has 1 amide bonds. The van der Waals surface area contributed by atoms with Crippen LogP contribution in [-0.4, -0.2) is 44.8 Å². The molecule has 1 aliphatic rings. The zero-order valence-corrected chi connectivity index (χ0v) is 15.5. The highest BCUT2D eigenvalue weighted by Crippen LogP contribution is 2.34. The Bertz CT molecular complexity index is 759. The van der Waals surface area contributed by atoms with Crippen LogP contribution < -0.4 is 19.7 Å². The zero-order valence-electron chi connectivity index (χ0n) is 15.5. The smallest absolute Gasteiger partial charge is 0.238 e. The number of carbonyl (C=O) groups excluding carboxylic acids is 1. The first-order chi connectivity index (χ1) is 12.5. The molecular formula is C20H25N3O3. The van der Waals surface area contributed by atoms with E-state index < -0.39 is 0 Å². The summed E-state index contributed by atoms with van der Waals surface area (Å²) in [6.07, 6.45) is 0. The van der Waals surface area contributed by atoms with Crippen LogP contribution in [0, 0.1) is 0 Å². The molecule has 1 N–H and O–H groups in total. The molecule has 0 fully saturated rings. The Hall–Kier alpha value is -2.73. The minimum absolute atomic E-state index is 0.0457. The van der Waals surface area contributed by atoms with Crippen molar-refractivity contribution in [3.8, 4) is 11.5 Å². The van der Waals surface area contributed by atoms with Gasteiger partial charge < -0.3 is 19.7 Å². The lowest BCUT2D eigenvalue weighted by Crippen LogP contribution is -2.32. The van der Waals surface area contributed by atoms with Crippen molar-refractivity contribution >= 4 is 17.3 Å². The second-order valence-electron chi connectivity index (χ2n) is 6.48. The van der Waals surface area contributed by atoms with Crippen LogP contribution in [-0.2, 0) is 11.3 Å². The lowest BCUT2D eigenvalue weighted by atomic mass is 10.2. The number of likely N-dealkylation sites (N-methyl/N-ethyl adjacent to an activating group) is 1. The molecule has 0 radical (unpaired) electrons. The Morgan fingerprint density at radius 2 is 1.81 bits per heavy atom. The van der Waals surface area contributed by atoms with Gasteiger partial charge in [0.15, 0.2) is 11.5 Å². The van der Waals surface area contributed by atoms with E-state index in [0.29, 0.717) is 23.7 Å². The van der Waals surface area contributed by atoms with Crippen LogP contribution in [0.15, 0.2) is 42.5 Å². The summed E-state index contributed by atoms with van der Waals surface area (Å²) in [5.74, 6) is 1.33. The van der Waals surface area contributed by atoms with Gasteiger partial charge in [0.25, 0.3) is 0 Å². The zero-order chi connectivity index (χ0) is 18.5. The van der Waals surface area contributed by atoms with Crippen LogP contribution in [0.25, 0.3) is 0 Å². The molecule has 0 spiro atoms. The molecule has 138 valence electrons. The molecule has 0 aliphatic carbocycles. The standard InChI is InChI=1S/C20H25N3O3/c1-4-23(12-15-5-8-17(9-6-15)22(2)3)13-20(24)21-16-7-10-18-19(11-16)26-14-25-18/h5-11H,4,12-14H2,1-3H3,(H,21,24). The first-order valence-electron chi connectivity index (χ1n) is 8.73. The topological polar surface area (TPSA) is 54.0 Å². The van der Waals surface area contributed by atoms with Gasteiger partial charge >= 0.3 is 0 Å². The van der Waals surface area contributed by atoms with E-state index in [0.717, 1.165) is 18.8 Å². The van der Waals surface area contributed by atoms with Crippen LogP contribution in [0.3, 0.4) is 0 Å². The molecule has 6 nitrogen and oxygen atoms in total. The van der Waals surface area contributed by atoms with Crippen molar-refractivity contribution in [3.63, 3.8) is 0 Å². The van der Waals surface area contributed by atoms with E-state index in [1.54, 1.807) is 6.07 Å². The van der Waals surface area contributed by atoms with Crippen LogP contribution >= 0.6 is 0 Å². The Labute approximate surface area is 154 Å². The molecule has 1 heterocycles. The summed E-state index contributed by atoms with van der Waals surface area (Å²) in [5.41, 5.74) is 3.07. The normalized spacial score (nSPS) is 12.3. The monoisotopic (exact) mass is 355 g/mol. The number of nitrogens with zero attached hydrogens (tertiary/aromatic N) is 2. The quantitative estimate of drug-likeness (QED) is 0.828. The molecule has 2 aromatic carbocycles. The highest BCUT2D eigenvalue weighted by atomic mass is 16.7. The van der Waals surface area contributed by atoms with Crippen molar-refractivity contribution in [2.45, 2.75) is 13.5 Å². The fourth-order valence-electron chi connectivity index (χ4n) is 2.82. The fraction of sp³-hybridized carbons (Fsp3) is 0.350. The summed E-state index contributed by atoms with van der Waals surface area (Å²) in [6, 6.07) is 13.8. The number of hydrogen-bond donors (Lipinski definition) is 1. The maximum absolute atomic E-state index is 12.4. The minimum atomic E-state index is -0.0457. The first kappa shape index (κ1) is 18.1. The maximum atomic E-state index is 12.4. The van der Waals surface area contributed by atoms with Gasteiger partial charge in [0, 0.05) is 38.1 Å². The highest BCUT2D eigenvalue weighted by Gasteiger charge is 2.15. The van der Waals surface area contributed by atoms with E-state index in [2.05, 4.69) is 46.3 Å². The van der Waals surface area contributed by atoms with Crippen LogP contribution in [0.2, 0.25) is 0 Å². The average molecular weight is 355 g/mol. The van der Waals surface area contributed by atoms with E-state index in [-0.39, 0.29) is 12.7 Å². The molecule has 3 rings (SSSR count). The number of hydrogen-bond acceptors (Lipinski definition) is 5. The Morgan fingerprint density at radius 3 is 2.50 bits per heavy atom. The second-order valence-corrected chi connectivity index (χ2v) is 6.48. The lowest BCUT2D eigenvalue weighted by molar-refractivity contribution is -0.117. The SMILES string of the molecule is CCN(CC(=O)Nc1ccc2c(c1)OCO2)Cc1ccc(N(C)C)cc1. The molecule has 1 aliphatic heterocycles. The number of amides is 1. The van der Waals surface area contributed by atoms with Crippen molar-refractivity contribution in [1.29, 1.82) is 0 Å². The van der Waals surface area contributed by atoms with Crippen LogP contribution in [0.4, 0.5) is 11.4 Å². The van der Waals surface area contributed by atoms with E-state index in [4.69, 9.17) is 9.47 Å². The maximum Gasteiger partial charge on any atom is 0.238 e. The van der Waals surface area contributed by atoms with Crippen molar-refractivity contribution in [1.82, 2.24) is 4.90 Å². The van der Waals surface area contributed by atoms with E-state index in [9.17, 15) is 4.79 Å². The lowest BCUT2D eigenvalue weighted by Gasteiger charge is -2.20.